The Morgan fingerprint density at radius 1 is 1.40 bits per heavy atom. The van der Waals surface area contributed by atoms with E-state index in [0.29, 0.717) is 12.5 Å². The van der Waals surface area contributed by atoms with Crippen LogP contribution < -0.4 is 5.73 Å². The minimum atomic E-state index is 0.0266. The highest BCUT2D eigenvalue weighted by atomic mass is 79.9. The Bertz CT molecular complexity index is 301. The Labute approximate surface area is 104 Å². The maximum Gasteiger partial charge on any atom is 0.104 e. The Hall–Kier alpha value is 0.1000. The van der Waals surface area contributed by atoms with Crippen LogP contribution in [0.3, 0.4) is 0 Å². The molecule has 2 N–H and O–H groups in total. The van der Waals surface area contributed by atoms with Gasteiger partial charge >= 0.3 is 0 Å². The van der Waals surface area contributed by atoms with Crippen molar-refractivity contribution in [3.05, 3.63) is 20.8 Å². The van der Waals surface area contributed by atoms with E-state index in [-0.39, 0.29) is 12.2 Å². The van der Waals surface area contributed by atoms with E-state index < -0.39 is 0 Å². The van der Waals surface area contributed by atoms with E-state index in [1.54, 1.807) is 11.3 Å². The zero-order valence-electron chi connectivity index (χ0n) is 9.37. The molecule has 1 aromatic rings. The number of hydrogen-bond acceptors (Lipinski definition) is 3. The first-order valence-corrected chi connectivity index (χ1v) is 6.76. The van der Waals surface area contributed by atoms with Gasteiger partial charge in [-0.15, -0.1) is 11.3 Å². The van der Waals surface area contributed by atoms with Crippen LogP contribution in [0.1, 0.15) is 31.8 Å². The summed E-state index contributed by atoms with van der Waals surface area (Å²) in [5.41, 5.74) is 5.73. The minimum Gasteiger partial charge on any atom is -0.368 e. The summed E-state index contributed by atoms with van der Waals surface area (Å²) < 4.78 is 7.05. The molecule has 0 aliphatic heterocycles. The van der Waals surface area contributed by atoms with Crippen LogP contribution in [0.25, 0.3) is 0 Å². The molecule has 2 unspecified atom stereocenters. The zero-order valence-corrected chi connectivity index (χ0v) is 11.8. The summed E-state index contributed by atoms with van der Waals surface area (Å²) in [6.45, 7) is 6.94. The second-order valence-corrected chi connectivity index (χ2v) is 6.45. The van der Waals surface area contributed by atoms with Crippen molar-refractivity contribution < 1.29 is 4.74 Å². The van der Waals surface area contributed by atoms with Gasteiger partial charge in [-0.25, -0.2) is 0 Å². The molecule has 0 aliphatic carbocycles. The molecule has 0 aromatic carbocycles. The van der Waals surface area contributed by atoms with Crippen LogP contribution in [-0.4, -0.2) is 12.6 Å². The second-order valence-electron chi connectivity index (χ2n) is 3.95. The number of rotatable bonds is 5. The number of hydrogen-bond donors (Lipinski definition) is 1. The molecule has 0 bridgehead atoms. The Balaban J connectivity index is 2.64. The van der Waals surface area contributed by atoms with Crippen molar-refractivity contribution >= 4 is 27.3 Å². The molecule has 0 amide bonds. The SMILES string of the molecule is CC(C)C(C)OC(CN)c1ccc(Br)s1. The highest BCUT2D eigenvalue weighted by Crippen LogP contribution is 2.30. The Morgan fingerprint density at radius 2 is 2.07 bits per heavy atom. The topological polar surface area (TPSA) is 35.2 Å². The summed E-state index contributed by atoms with van der Waals surface area (Å²) in [6.07, 6.45) is 0.262. The third-order valence-corrected chi connectivity index (χ3v) is 4.16. The molecule has 0 aliphatic rings. The summed E-state index contributed by atoms with van der Waals surface area (Å²) in [4.78, 5) is 1.19. The van der Waals surface area contributed by atoms with Crippen molar-refractivity contribution in [1.29, 1.82) is 0 Å². The van der Waals surface area contributed by atoms with Crippen LogP contribution in [-0.2, 0) is 4.74 Å². The van der Waals surface area contributed by atoms with Crippen molar-refractivity contribution in [1.82, 2.24) is 0 Å². The van der Waals surface area contributed by atoms with E-state index >= 15 is 0 Å². The smallest absolute Gasteiger partial charge is 0.104 e. The van der Waals surface area contributed by atoms with Gasteiger partial charge in [0.05, 0.1) is 9.89 Å². The standard InChI is InChI=1S/C11H18BrNOS/c1-7(2)8(3)14-9(6-13)10-4-5-11(12)15-10/h4-5,7-9H,6,13H2,1-3H3. The quantitative estimate of drug-likeness (QED) is 0.900. The zero-order chi connectivity index (χ0) is 11.4. The van der Waals surface area contributed by atoms with E-state index in [2.05, 4.69) is 42.8 Å². The molecule has 0 fully saturated rings. The molecule has 0 saturated carbocycles. The lowest BCUT2D eigenvalue weighted by Crippen LogP contribution is -2.23. The van der Waals surface area contributed by atoms with Gasteiger partial charge in [0.15, 0.2) is 0 Å². The molecular formula is C11H18BrNOS. The summed E-state index contributed by atoms with van der Waals surface area (Å²) >= 11 is 5.13. The molecular weight excluding hydrogens is 274 g/mol. The van der Waals surface area contributed by atoms with Crippen molar-refractivity contribution in [2.45, 2.75) is 33.0 Å². The van der Waals surface area contributed by atoms with Gasteiger partial charge in [-0.2, -0.15) is 0 Å². The maximum absolute atomic E-state index is 5.93. The first kappa shape index (κ1) is 13.2. The van der Waals surface area contributed by atoms with Crippen molar-refractivity contribution in [3.63, 3.8) is 0 Å². The van der Waals surface area contributed by atoms with E-state index in [1.165, 1.54) is 4.88 Å². The van der Waals surface area contributed by atoms with Gasteiger partial charge in [0.25, 0.3) is 0 Å². The Kier molecular flexibility index (Phi) is 5.26. The molecule has 86 valence electrons. The van der Waals surface area contributed by atoms with Crippen LogP contribution in [0.5, 0.6) is 0 Å². The van der Waals surface area contributed by atoms with Gasteiger partial charge in [-0.05, 0) is 40.9 Å². The summed E-state index contributed by atoms with van der Waals surface area (Å²) in [5, 5.41) is 0. The third kappa shape index (κ3) is 3.87. The molecule has 1 aromatic heterocycles. The van der Waals surface area contributed by atoms with Crippen LogP contribution in [0, 0.1) is 5.92 Å². The average Bonchev–Trinajstić information content (AvgIpc) is 2.60. The third-order valence-electron chi connectivity index (χ3n) is 2.44. The molecule has 0 saturated heterocycles. The van der Waals surface area contributed by atoms with Crippen molar-refractivity contribution in [2.24, 2.45) is 11.7 Å². The van der Waals surface area contributed by atoms with Gasteiger partial charge in [0.1, 0.15) is 6.10 Å². The van der Waals surface area contributed by atoms with Gasteiger partial charge in [-0.1, -0.05) is 13.8 Å². The largest absolute Gasteiger partial charge is 0.368 e. The van der Waals surface area contributed by atoms with Crippen LogP contribution >= 0.6 is 27.3 Å². The average molecular weight is 292 g/mol. The van der Waals surface area contributed by atoms with Gasteiger partial charge < -0.3 is 10.5 Å². The predicted octanol–water partition coefficient (Wildman–Crippen LogP) is 3.57. The minimum absolute atomic E-state index is 0.0266. The molecule has 4 heteroatoms. The second kappa shape index (κ2) is 5.99. The summed E-state index contributed by atoms with van der Waals surface area (Å²) in [5.74, 6) is 0.516. The molecule has 0 spiro atoms. The molecule has 1 rings (SSSR count). The van der Waals surface area contributed by atoms with E-state index in [4.69, 9.17) is 10.5 Å². The first-order valence-electron chi connectivity index (χ1n) is 5.15. The number of ether oxygens (including phenoxy) is 1. The lowest BCUT2D eigenvalue weighted by atomic mass is 10.1. The van der Waals surface area contributed by atoms with Crippen molar-refractivity contribution in [2.75, 3.05) is 6.54 Å². The molecule has 2 nitrogen and oxygen atoms in total. The highest BCUT2D eigenvalue weighted by molar-refractivity contribution is 9.11. The monoisotopic (exact) mass is 291 g/mol. The van der Waals surface area contributed by atoms with E-state index in [1.807, 2.05) is 6.07 Å². The van der Waals surface area contributed by atoms with Crippen LogP contribution in [0.15, 0.2) is 15.9 Å². The van der Waals surface area contributed by atoms with Gasteiger partial charge in [0, 0.05) is 11.4 Å². The van der Waals surface area contributed by atoms with Crippen LogP contribution in [0.2, 0.25) is 0 Å². The fraction of sp³-hybridized carbons (Fsp3) is 0.636. The normalized spacial score (nSPS) is 15.6. The van der Waals surface area contributed by atoms with Crippen LogP contribution in [0.4, 0.5) is 0 Å². The molecule has 1 heterocycles. The summed E-state index contributed by atoms with van der Waals surface area (Å²) in [6, 6.07) is 4.10. The summed E-state index contributed by atoms with van der Waals surface area (Å²) in [7, 11) is 0. The van der Waals surface area contributed by atoms with Gasteiger partial charge in [-0.3, -0.25) is 0 Å². The van der Waals surface area contributed by atoms with E-state index in [0.717, 1.165) is 3.79 Å². The van der Waals surface area contributed by atoms with Gasteiger partial charge in [0.2, 0.25) is 0 Å². The lowest BCUT2D eigenvalue weighted by Gasteiger charge is -2.22. The predicted molar refractivity (Wildman–Crippen MR) is 69.2 cm³/mol. The lowest BCUT2D eigenvalue weighted by molar-refractivity contribution is -0.0203. The number of nitrogens with two attached hydrogens (primary N) is 1. The maximum atomic E-state index is 5.93. The highest BCUT2D eigenvalue weighted by Gasteiger charge is 2.17. The fourth-order valence-corrected chi connectivity index (χ4v) is 2.63. The molecule has 2 atom stereocenters. The molecule has 15 heavy (non-hydrogen) atoms. The molecule has 0 radical (unpaired) electrons. The van der Waals surface area contributed by atoms with Crippen molar-refractivity contribution in [3.8, 4) is 0 Å². The fourth-order valence-electron chi connectivity index (χ4n) is 1.16. The van der Waals surface area contributed by atoms with E-state index in [9.17, 15) is 0 Å². The number of thiophene rings is 1. The first-order chi connectivity index (χ1) is 7.04. The number of halogens is 1. The Morgan fingerprint density at radius 3 is 2.47 bits per heavy atom.